The van der Waals surface area contributed by atoms with E-state index in [1.807, 2.05) is 26.8 Å². The largest absolute Gasteiger partial charge is 0.349 e. The summed E-state index contributed by atoms with van der Waals surface area (Å²) in [5.74, 6) is -0.204. The van der Waals surface area contributed by atoms with Gasteiger partial charge in [0.25, 0.3) is 11.8 Å². The molecular weight excluding hydrogens is 290 g/mol. The van der Waals surface area contributed by atoms with E-state index in [1.165, 1.54) is 0 Å². The third-order valence-corrected chi connectivity index (χ3v) is 3.25. The molecule has 1 unspecified atom stereocenters. The van der Waals surface area contributed by atoms with Gasteiger partial charge in [-0.3, -0.25) is 9.59 Å². The summed E-state index contributed by atoms with van der Waals surface area (Å²) >= 11 is 5.99. The van der Waals surface area contributed by atoms with E-state index in [0.717, 1.165) is 4.90 Å². The Bertz CT molecular complexity index is 492. The molecule has 0 aliphatic rings. The van der Waals surface area contributed by atoms with Gasteiger partial charge in [-0.2, -0.15) is 0 Å². The Morgan fingerprint density at radius 2 is 1.81 bits per heavy atom. The lowest BCUT2D eigenvalue weighted by atomic mass is 10.3. The molecule has 0 heterocycles. The van der Waals surface area contributed by atoms with Crippen LogP contribution in [0.4, 0.5) is 5.69 Å². The molecule has 0 aliphatic heterocycles. The Hall–Kier alpha value is -1.59. The van der Waals surface area contributed by atoms with Crippen molar-refractivity contribution in [3.05, 3.63) is 29.3 Å². The van der Waals surface area contributed by atoms with Crippen molar-refractivity contribution in [1.82, 2.24) is 5.32 Å². The third kappa shape index (κ3) is 6.60. The molecule has 0 aliphatic carbocycles. The average molecular weight is 313 g/mol. The van der Waals surface area contributed by atoms with Crippen LogP contribution < -0.4 is 15.5 Å². The van der Waals surface area contributed by atoms with Gasteiger partial charge >= 0.3 is 0 Å². The summed E-state index contributed by atoms with van der Waals surface area (Å²) in [6.07, 6.45) is 0. The first-order valence-corrected chi connectivity index (χ1v) is 7.47. The van der Waals surface area contributed by atoms with Crippen molar-refractivity contribution in [2.24, 2.45) is 0 Å². The number of rotatable bonds is 7. The number of likely N-dealkylation sites (N-methyl/N-ethyl adjacent to an activating group) is 1. The highest BCUT2D eigenvalue weighted by Crippen LogP contribution is 2.19. The maximum atomic E-state index is 12.0. The summed E-state index contributed by atoms with van der Waals surface area (Å²) in [5, 5.41) is 6.09. The number of carbonyl (C=O) groups is 2. The Kier molecular flexibility index (Phi) is 7.19. The van der Waals surface area contributed by atoms with Gasteiger partial charge in [-0.15, -0.1) is 0 Å². The summed E-state index contributed by atoms with van der Waals surface area (Å²) in [5.41, 5.74) is 0.589. The molecule has 1 aromatic rings. The van der Waals surface area contributed by atoms with Gasteiger partial charge in [-0.1, -0.05) is 23.7 Å². The maximum absolute atomic E-state index is 12.0. The predicted molar refractivity (Wildman–Crippen MR) is 84.6 cm³/mol. The molecule has 0 aromatic heterocycles. The van der Waals surface area contributed by atoms with Crippen molar-refractivity contribution in [2.75, 3.05) is 25.0 Å². The van der Waals surface area contributed by atoms with Gasteiger partial charge in [-0.25, -0.2) is 0 Å². The molecule has 5 nitrogen and oxygen atoms in total. The van der Waals surface area contributed by atoms with Crippen LogP contribution in [0.2, 0.25) is 5.02 Å². The second-order valence-electron chi connectivity index (χ2n) is 5.21. The first-order chi connectivity index (χ1) is 9.92. The molecule has 116 valence electrons. The number of hydrogen-bond acceptors (Lipinski definition) is 2. The second-order valence-corrected chi connectivity index (χ2v) is 5.61. The van der Waals surface area contributed by atoms with Crippen LogP contribution in [-0.2, 0) is 9.59 Å². The maximum Gasteiger partial charge on any atom is 0.279 e. The predicted octanol–water partition coefficient (Wildman–Crippen LogP) is 0.708. The quantitative estimate of drug-likeness (QED) is 0.694. The van der Waals surface area contributed by atoms with E-state index in [0.29, 0.717) is 17.3 Å². The summed E-state index contributed by atoms with van der Waals surface area (Å²) < 4.78 is 0. The molecule has 1 aromatic carbocycles. The molecule has 0 saturated carbocycles. The fourth-order valence-electron chi connectivity index (χ4n) is 1.90. The van der Waals surface area contributed by atoms with Gasteiger partial charge in [0.15, 0.2) is 13.1 Å². The van der Waals surface area contributed by atoms with Gasteiger partial charge in [0.2, 0.25) is 0 Å². The molecule has 0 bridgehead atoms. The van der Waals surface area contributed by atoms with Crippen LogP contribution in [0.3, 0.4) is 0 Å². The highest BCUT2D eigenvalue weighted by Gasteiger charge is 2.17. The lowest BCUT2D eigenvalue weighted by Gasteiger charge is -2.18. The van der Waals surface area contributed by atoms with Gasteiger partial charge in [-0.05, 0) is 32.9 Å². The van der Waals surface area contributed by atoms with Crippen molar-refractivity contribution in [3.63, 3.8) is 0 Å². The third-order valence-electron chi connectivity index (χ3n) is 2.92. The SMILES string of the molecule is CC[NH+](CC(=O)Nc1ccccc1Cl)CC(=O)NC(C)C. The van der Waals surface area contributed by atoms with E-state index < -0.39 is 0 Å². The van der Waals surface area contributed by atoms with Crippen LogP contribution >= 0.6 is 11.6 Å². The molecule has 0 fully saturated rings. The van der Waals surface area contributed by atoms with Crippen molar-refractivity contribution >= 4 is 29.1 Å². The lowest BCUT2D eigenvalue weighted by Crippen LogP contribution is -3.14. The standard InChI is InChI=1S/C15H22ClN3O2/c1-4-19(9-14(20)17-11(2)3)10-15(21)18-13-8-6-5-7-12(13)16/h5-8,11H,4,9-10H2,1-3H3,(H,17,20)(H,18,21)/p+1. The molecule has 0 saturated heterocycles. The Morgan fingerprint density at radius 3 is 2.38 bits per heavy atom. The van der Waals surface area contributed by atoms with Gasteiger partial charge in [0.05, 0.1) is 17.3 Å². The number of anilines is 1. The fraction of sp³-hybridized carbons (Fsp3) is 0.467. The van der Waals surface area contributed by atoms with Gasteiger partial charge < -0.3 is 15.5 Å². The number of nitrogens with one attached hydrogen (secondary N) is 3. The summed E-state index contributed by atoms with van der Waals surface area (Å²) in [6.45, 7) is 6.97. The minimum Gasteiger partial charge on any atom is -0.349 e. The van der Waals surface area contributed by atoms with E-state index in [9.17, 15) is 9.59 Å². The number of halogens is 1. The smallest absolute Gasteiger partial charge is 0.279 e. The van der Waals surface area contributed by atoms with Gasteiger partial charge in [0.1, 0.15) is 0 Å². The molecule has 0 spiro atoms. The van der Waals surface area contributed by atoms with Crippen molar-refractivity contribution in [2.45, 2.75) is 26.8 Å². The Morgan fingerprint density at radius 1 is 1.19 bits per heavy atom. The van der Waals surface area contributed by atoms with E-state index in [2.05, 4.69) is 10.6 Å². The van der Waals surface area contributed by atoms with Gasteiger partial charge in [0, 0.05) is 6.04 Å². The van der Waals surface area contributed by atoms with E-state index in [4.69, 9.17) is 11.6 Å². The lowest BCUT2D eigenvalue weighted by molar-refractivity contribution is -0.881. The number of amides is 2. The number of hydrogen-bond donors (Lipinski definition) is 3. The van der Waals surface area contributed by atoms with E-state index in [-0.39, 0.29) is 30.9 Å². The average Bonchev–Trinajstić information content (AvgIpc) is 2.39. The Balaban J connectivity index is 2.51. The zero-order valence-electron chi connectivity index (χ0n) is 12.7. The number of benzene rings is 1. The summed E-state index contributed by atoms with van der Waals surface area (Å²) in [4.78, 5) is 24.6. The fourth-order valence-corrected chi connectivity index (χ4v) is 2.08. The second kappa shape index (κ2) is 8.64. The molecular formula is C15H23ClN3O2+. The monoisotopic (exact) mass is 312 g/mol. The molecule has 3 N–H and O–H groups in total. The van der Waals surface area contributed by atoms with Crippen LogP contribution in [0.25, 0.3) is 0 Å². The van der Waals surface area contributed by atoms with Crippen molar-refractivity contribution in [3.8, 4) is 0 Å². The molecule has 1 atom stereocenters. The normalized spacial score (nSPS) is 12.0. The zero-order valence-corrected chi connectivity index (χ0v) is 13.5. The van der Waals surface area contributed by atoms with Crippen LogP contribution in [0.15, 0.2) is 24.3 Å². The van der Waals surface area contributed by atoms with Crippen LogP contribution in [-0.4, -0.2) is 37.5 Å². The van der Waals surface area contributed by atoms with Crippen molar-refractivity contribution in [1.29, 1.82) is 0 Å². The van der Waals surface area contributed by atoms with Crippen LogP contribution in [0, 0.1) is 0 Å². The van der Waals surface area contributed by atoms with E-state index in [1.54, 1.807) is 18.2 Å². The highest BCUT2D eigenvalue weighted by atomic mass is 35.5. The van der Waals surface area contributed by atoms with Crippen molar-refractivity contribution < 1.29 is 14.5 Å². The topological polar surface area (TPSA) is 62.6 Å². The molecule has 21 heavy (non-hydrogen) atoms. The number of quaternary nitrogens is 1. The summed E-state index contributed by atoms with van der Waals surface area (Å²) in [6, 6.07) is 7.18. The van der Waals surface area contributed by atoms with E-state index >= 15 is 0 Å². The summed E-state index contributed by atoms with van der Waals surface area (Å²) in [7, 11) is 0. The Labute approximate surface area is 130 Å². The molecule has 2 amide bonds. The molecule has 6 heteroatoms. The van der Waals surface area contributed by atoms with Crippen LogP contribution in [0.5, 0.6) is 0 Å². The minimum atomic E-state index is -0.155. The highest BCUT2D eigenvalue weighted by molar-refractivity contribution is 6.33. The molecule has 0 radical (unpaired) electrons. The zero-order chi connectivity index (χ0) is 15.8. The molecule has 1 rings (SSSR count). The van der Waals surface area contributed by atoms with Crippen LogP contribution in [0.1, 0.15) is 20.8 Å². The minimum absolute atomic E-state index is 0.0487. The first-order valence-electron chi connectivity index (χ1n) is 7.09. The number of para-hydroxylation sites is 1. The first kappa shape index (κ1) is 17.5. The number of carbonyl (C=O) groups excluding carboxylic acids is 2.